The predicted octanol–water partition coefficient (Wildman–Crippen LogP) is 4.12. The first kappa shape index (κ1) is 25.0. The van der Waals surface area contributed by atoms with Crippen LogP contribution in [0.15, 0.2) is 71.4 Å². The van der Waals surface area contributed by atoms with Crippen molar-refractivity contribution in [3.63, 3.8) is 0 Å². The number of hydrogen-bond donors (Lipinski definition) is 4. The van der Waals surface area contributed by atoms with Crippen LogP contribution in [-0.2, 0) is 17.6 Å². The molecule has 6 nitrogen and oxygen atoms in total. The number of carbonyl (C=O) groups excluding carboxylic acids is 1. The molecule has 4 aromatic rings. The van der Waals surface area contributed by atoms with E-state index in [0.29, 0.717) is 41.0 Å². The van der Waals surface area contributed by atoms with Crippen molar-refractivity contribution >= 4 is 44.2 Å². The van der Waals surface area contributed by atoms with Crippen LogP contribution in [0.5, 0.6) is 0 Å². The molecule has 7 rings (SSSR count). The molecule has 6 heteroatoms. The molecule has 2 atom stereocenters. The summed E-state index contributed by atoms with van der Waals surface area (Å²) in [4.78, 5) is 19.0. The van der Waals surface area contributed by atoms with E-state index in [4.69, 9.17) is 4.99 Å². The second-order valence-electron chi connectivity index (χ2n) is 12.0. The summed E-state index contributed by atoms with van der Waals surface area (Å²) < 4.78 is 0. The van der Waals surface area contributed by atoms with E-state index in [1.807, 2.05) is 49.4 Å². The van der Waals surface area contributed by atoms with Gasteiger partial charge < -0.3 is 20.6 Å². The maximum atomic E-state index is 14.0. The Morgan fingerprint density at radius 3 is 2.20 bits per heavy atom. The molecule has 0 saturated heterocycles. The fraction of sp³-hybridized carbons (Fsp3) is 0.294. The molecular weight excluding hydrogens is 500 g/mol. The van der Waals surface area contributed by atoms with Crippen LogP contribution < -0.4 is 15.9 Å². The number of Topliss-reactive ketones (excluding diaryl/α,β-unsaturated/α-hetero) is 1. The first-order chi connectivity index (χ1) is 19.3. The van der Waals surface area contributed by atoms with Gasteiger partial charge in [-0.3, -0.25) is 9.79 Å². The van der Waals surface area contributed by atoms with Gasteiger partial charge in [-0.05, 0) is 61.4 Å². The van der Waals surface area contributed by atoms with Gasteiger partial charge in [0, 0.05) is 40.3 Å². The van der Waals surface area contributed by atoms with E-state index < -0.39 is 5.54 Å². The Labute approximate surface area is 232 Å². The van der Waals surface area contributed by atoms with Gasteiger partial charge in [-0.25, -0.2) is 0 Å². The standard InChI is InChI=1S/C34H32N2O4/c1-33(13-15-37)17-21-7-3-5-19-9-11-23(29(35-33)25(19)21)27-31(39)28(32(27)40)24-12-10-20-6-4-8-22-18-34(2,14-16-38)36-30(24)26(20)22/h3-12,35,37-39H,13-18H2,1-2H3/b28-24-. The Balaban J connectivity index is 1.48. The van der Waals surface area contributed by atoms with Crippen molar-refractivity contribution in [2.24, 2.45) is 4.99 Å². The quantitative estimate of drug-likeness (QED) is 0.310. The minimum absolute atomic E-state index is 0.0210. The number of benzene rings is 4. The Morgan fingerprint density at radius 1 is 0.825 bits per heavy atom. The highest BCUT2D eigenvalue weighted by Gasteiger charge is 2.40. The highest BCUT2D eigenvalue weighted by atomic mass is 16.3. The van der Waals surface area contributed by atoms with E-state index in [0.717, 1.165) is 44.8 Å². The maximum absolute atomic E-state index is 14.0. The third-order valence-corrected chi connectivity index (χ3v) is 8.98. The van der Waals surface area contributed by atoms with Crippen molar-refractivity contribution in [1.82, 2.24) is 0 Å². The average Bonchev–Trinajstić information content (AvgIpc) is 2.91. The van der Waals surface area contributed by atoms with Crippen molar-refractivity contribution in [2.75, 3.05) is 18.5 Å². The van der Waals surface area contributed by atoms with E-state index in [9.17, 15) is 20.1 Å². The van der Waals surface area contributed by atoms with Gasteiger partial charge in [0.1, 0.15) is 5.76 Å². The molecule has 0 radical (unpaired) electrons. The highest BCUT2D eigenvalue weighted by Crippen LogP contribution is 2.46. The van der Waals surface area contributed by atoms with Gasteiger partial charge in [0.15, 0.2) is 0 Å². The molecule has 1 aliphatic carbocycles. The number of hydrogen-bond acceptors (Lipinski definition) is 6. The number of ketones is 1. The number of anilines is 1. The molecule has 4 N–H and O–H groups in total. The van der Waals surface area contributed by atoms with Crippen LogP contribution in [0, 0.1) is 0 Å². The van der Waals surface area contributed by atoms with Crippen LogP contribution in [0.25, 0.3) is 32.7 Å². The predicted molar refractivity (Wildman–Crippen MR) is 158 cm³/mol. The lowest BCUT2D eigenvalue weighted by Crippen LogP contribution is -2.43. The summed E-state index contributed by atoms with van der Waals surface area (Å²) in [5.74, 6) is -0.230. The average molecular weight is 533 g/mol. The van der Waals surface area contributed by atoms with Crippen molar-refractivity contribution in [3.8, 4) is 0 Å². The number of nitrogens with zero attached hydrogens (tertiary/aromatic N) is 1. The SMILES string of the molecule is CC1(CCO)Cc2cccc3cc/c(=C4/C(=O)C(c5ccc6cccc7c6c5NC(C)(CCO)C7)=C4O)c(c23)=N1. The van der Waals surface area contributed by atoms with Crippen LogP contribution >= 0.6 is 0 Å². The second kappa shape index (κ2) is 8.75. The molecule has 0 amide bonds. The lowest BCUT2D eigenvalue weighted by Gasteiger charge is -2.38. The molecule has 2 aliphatic heterocycles. The smallest absolute Gasteiger partial charge is 0.201 e. The van der Waals surface area contributed by atoms with Crippen LogP contribution in [0.3, 0.4) is 0 Å². The van der Waals surface area contributed by atoms with Gasteiger partial charge in [-0.1, -0.05) is 60.7 Å². The number of nitrogens with one attached hydrogen (secondary N) is 1. The molecule has 3 aliphatic rings. The van der Waals surface area contributed by atoms with Gasteiger partial charge in [-0.2, -0.15) is 0 Å². The molecule has 0 bridgehead atoms. The molecule has 4 aromatic carbocycles. The molecule has 2 unspecified atom stereocenters. The molecule has 0 saturated carbocycles. The highest BCUT2D eigenvalue weighted by molar-refractivity contribution is 6.52. The zero-order valence-corrected chi connectivity index (χ0v) is 22.7. The lowest BCUT2D eigenvalue weighted by molar-refractivity contribution is -0.109. The minimum Gasteiger partial charge on any atom is -0.506 e. The van der Waals surface area contributed by atoms with Gasteiger partial charge in [0.25, 0.3) is 0 Å². The van der Waals surface area contributed by atoms with E-state index >= 15 is 0 Å². The summed E-state index contributed by atoms with van der Waals surface area (Å²) in [6, 6.07) is 20.1. The lowest BCUT2D eigenvalue weighted by atomic mass is 9.77. The zero-order chi connectivity index (χ0) is 27.8. The summed E-state index contributed by atoms with van der Waals surface area (Å²) in [5, 5.41) is 40.2. The maximum Gasteiger partial charge on any atom is 0.201 e. The van der Waals surface area contributed by atoms with Gasteiger partial charge in [0.05, 0.1) is 27.7 Å². The summed E-state index contributed by atoms with van der Waals surface area (Å²) in [6.45, 7) is 4.18. The summed E-state index contributed by atoms with van der Waals surface area (Å²) in [5.41, 5.74) is 3.51. The van der Waals surface area contributed by atoms with E-state index in [1.165, 1.54) is 0 Å². The van der Waals surface area contributed by atoms with E-state index in [1.54, 1.807) is 0 Å². The Morgan fingerprint density at radius 2 is 1.50 bits per heavy atom. The monoisotopic (exact) mass is 532 g/mol. The summed E-state index contributed by atoms with van der Waals surface area (Å²) in [6.07, 6.45) is 2.53. The van der Waals surface area contributed by atoms with Gasteiger partial charge in [-0.15, -0.1) is 0 Å². The Hall–Kier alpha value is -4.00. The number of allylic oxidation sites excluding steroid dienone is 2. The third-order valence-electron chi connectivity index (χ3n) is 8.98. The summed E-state index contributed by atoms with van der Waals surface area (Å²) in [7, 11) is 0. The van der Waals surface area contributed by atoms with Crippen LogP contribution in [-0.4, -0.2) is 45.4 Å². The first-order valence-corrected chi connectivity index (χ1v) is 13.9. The molecule has 2 heterocycles. The normalized spacial score (nSPS) is 24.6. The fourth-order valence-corrected chi connectivity index (χ4v) is 7.01. The van der Waals surface area contributed by atoms with Crippen LogP contribution in [0.4, 0.5) is 5.69 Å². The molecule has 202 valence electrons. The van der Waals surface area contributed by atoms with Crippen molar-refractivity contribution in [3.05, 3.63) is 93.7 Å². The molecule has 0 aromatic heterocycles. The number of carbonyl (C=O) groups is 1. The largest absolute Gasteiger partial charge is 0.506 e. The van der Waals surface area contributed by atoms with Crippen molar-refractivity contribution in [2.45, 2.75) is 50.6 Å². The van der Waals surface area contributed by atoms with E-state index in [2.05, 4.69) is 30.4 Å². The molecule has 0 spiro atoms. The van der Waals surface area contributed by atoms with E-state index in [-0.39, 0.29) is 35.9 Å². The minimum atomic E-state index is -0.498. The second-order valence-corrected chi connectivity index (χ2v) is 12.0. The topological polar surface area (TPSA) is 102 Å². The van der Waals surface area contributed by atoms with Crippen molar-refractivity contribution in [1.29, 1.82) is 0 Å². The summed E-state index contributed by atoms with van der Waals surface area (Å²) >= 11 is 0. The number of aliphatic hydroxyl groups excluding tert-OH is 3. The Kier molecular flexibility index (Phi) is 5.47. The molecular formula is C34H32N2O4. The van der Waals surface area contributed by atoms with Crippen LogP contribution in [0.1, 0.15) is 43.4 Å². The van der Waals surface area contributed by atoms with Gasteiger partial charge in [0.2, 0.25) is 5.78 Å². The fourth-order valence-electron chi connectivity index (χ4n) is 7.01. The first-order valence-electron chi connectivity index (χ1n) is 13.9. The molecule has 0 fully saturated rings. The van der Waals surface area contributed by atoms with Crippen molar-refractivity contribution < 1.29 is 20.1 Å². The third kappa shape index (κ3) is 3.56. The number of rotatable bonds is 5. The Bertz CT molecular complexity index is 1920. The zero-order valence-electron chi connectivity index (χ0n) is 22.7. The molecule has 40 heavy (non-hydrogen) atoms. The van der Waals surface area contributed by atoms with Gasteiger partial charge >= 0.3 is 0 Å². The number of aliphatic hydroxyl groups is 3. The van der Waals surface area contributed by atoms with Crippen LogP contribution in [0.2, 0.25) is 0 Å².